The van der Waals surface area contributed by atoms with Gasteiger partial charge in [0.05, 0.1) is 0 Å². The molecule has 0 spiro atoms. The molecular formula is C9H15NO. The maximum atomic E-state index is 11.4. The first-order chi connectivity index (χ1) is 5.36. The van der Waals surface area contributed by atoms with Gasteiger partial charge in [0.25, 0.3) is 0 Å². The van der Waals surface area contributed by atoms with Gasteiger partial charge in [0.1, 0.15) is 0 Å². The minimum absolute atomic E-state index is 0.407. The van der Waals surface area contributed by atoms with Crippen molar-refractivity contribution in [3.8, 4) is 0 Å². The van der Waals surface area contributed by atoms with Crippen LogP contribution in [-0.2, 0) is 4.79 Å². The van der Waals surface area contributed by atoms with Crippen molar-refractivity contribution in [3.05, 3.63) is 0 Å². The van der Waals surface area contributed by atoms with Crippen LogP contribution < -0.4 is 0 Å². The van der Waals surface area contributed by atoms with E-state index in [9.17, 15) is 4.79 Å². The first-order valence-electron chi connectivity index (χ1n) is 4.64. The van der Waals surface area contributed by atoms with Gasteiger partial charge in [-0.05, 0) is 31.6 Å². The maximum Gasteiger partial charge on any atom is 0.222 e. The maximum absolute atomic E-state index is 11.4. The molecule has 2 heteroatoms. The first kappa shape index (κ1) is 7.14. The van der Waals surface area contributed by atoms with E-state index in [1.165, 1.54) is 25.7 Å². The lowest BCUT2D eigenvalue weighted by atomic mass is 10.2. The largest absolute Gasteiger partial charge is 0.343 e. The third kappa shape index (κ3) is 1.73. The van der Waals surface area contributed by atoms with Crippen molar-refractivity contribution in [3.63, 3.8) is 0 Å². The Balaban J connectivity index is 1.77. The molecule has 2 nitrogen and oxygen atoms in total. The molecule has 2 aliphatic rings. The zero-order chi connectivity index (χ0) is 7.68. The fourth-order valence-electron chi connectivity index (χ4n) is 1.66. The second-order valence-electron chi connectivity index (χ2n) is 3.74. The molecule has 1 aliphatic heterocycles. The molecule has 2 fully saturated rings. The molecule has 1 aliphatic carbocycles. The van der Waals surface area contributed by atoms with E-state index < -0.39 is 0 Å². The van der Waals surface area contributed by atoms with Crippen molar-refractivity contribution in [1.29, 1.82) is 0 Å². The van der Waals surface area contributed by atoms with E-state index in [1.54, 1.807) is 0 Å². The van der Waals surface area contributed by atoms with Gasteiger partial charge in [-0.15, -0.1) is 0 Å². The minimum Gasteiger partial charge on any atom is -0.343 e. The van der Waals surface area contributed by atoms with Crippen molar-refractivity contribution in [2.24, 2.45) is 5.92 Å². The Morgan fingerprint density at radius 2 is 1.91 bits per heavy atom. The molecule has 1 saturated heterocycles. The highest BCUT2D eigenvalue weighted by molar-refractivity contribution is 5.76. The van der Waals surface area contributed by atoms with Crippen molar-refractivity contribution in [1.82, 2.24) is 4.90 Å². The number of hydrogen-bond acceptors (Lipinski definition) is 1. The molecule has 0 aromatic rings. The Bertz CT molecular complexity index is 157. The van der Waals surface area contributed by atoms with Crippen LogP contribution in [0.4, 0.5) is 0 Å². The fourth-order valence-corrected chi connectivity index (χ4v) is 1.66. The van der Waals surface area contributed by atoms with E-state index in [2.05, 4.69) is 0 Å². The second-order valence-corrected chi connectivity index (χ2v) is 3.74. The van der Waals surface area contributed by atoms with E-state index in [0.717, 1.165) is 25.4 Å². The normalized spacial score (nSPS) is 24.2. The van der Waals surface area contributed by atoms with Gasteiger partial charge in [-0.3, -0.25) is 4.79 Å². The highest BCUT2D eigenvalue weighted by atomic mass is 16.2. The van der Waals surface area contributed by atoms with Crippen LogP contribution >= 0.6 is 0 Å². The summed E-state index contributed by atoms with van der Waals surface area (Å²) < 4.78 is 0. The third-order valence-corrected chi connectivity index (χ3v) is 2.62. The van der Waals surface area contributed by atoms with Gasteiger partial charge >= 0.3 is 0 Å². The van der Waals surface area contributed by atoms with Gasteiger partial charge in [0.2, 0.25) is 5.91 Å². The quantitative estimate of drug-likeness (QED) is 0.587. The molecule has 0 N–H and O–H groups in total. The summed E-state index contributed by atoms with van der Waals surface area (Å²) in [4.78, 5) is 13.4. The zero-order valence-corrected chi connectivity index (χ0v) is 6.88. The van der Waals surface area contributed by atoms with E-state index >= 15 is 0 Å². The van der Waals surface area contributed by atoms with Crippen LogP contribution in [0.3, 0.4) is 0 Å². The second kappa shape index (κ2) is 2.84. The van der Waals surface area contributed by atoms with Crippen LogP contribution in [0.25, 0.3) is 0 Å². The summed E-state index contributed by atoms with van der Waals surface area (Å²) in [5.74, 6) is 1.16. The number of carbonyl (C=O) groups excluding carboxylic acids is 1. The molecule has 1 heterocycles. The Labute approximate surface area is 67.6 Å². The summed E-state index contributed by atoms with van der Waals surface area (Å²) in [7, 11) is 0. The van der Waals surface area contributed by atoms with Gasteiger partial charge in [-0.25, -0.2) is 0 Å². The smallest absolute Gasteiger partial charge is 0.222 e. The third-order valence-electron chi connectivity index (χ3n) is 2.62. The Kier molecular flexibility index (Phi) is 1.84. The van der Waals surface area contributed by atoms with Crippen LogP contribution in [0, 0.1) is 5.92 Å². The molecule has 1 amide bonds. The topological polar surface area (TPSA) is 20.3 Å². The number of hydrogen-bond donors (Lipinski definition) is 0. The summed E-state index contributed by atoms with van der Waals surface area (Å²) in [6.07, 6.45) is 5.85. The number of amides is 1. The molecule has 0 bridgehead atoms. The van der Waals surface area contributed by atoms with E-state index in [4.69, 9.17) is 0 Å². The Hall–Kier alpha value is -0.530. The molecule has 0 aromatic carbocycles. The first-order valence-corrected chi connectivity index (χ1v) is 4.64. The number of rotatable bonds is 2. The van der Waals surface area contributed by atoms with E-state index in [1.807, 2.05) is 4.90 Å². The molecule has 0 unspecified atom stereocenters. The lowest BCUT2D eigenvalue weighted by Crippen LogP contribution is -2.27. The number of likely N-dealkylation sites (tertiary alicyclic amines) is 1. The molecule has 2 rings (SSSR count). The van der Waals surface area contributed by atoms with E-state index in [0.29, 0.717) is 5.91 Å². The molecular weight excluding hydrogens is 138 g/mol. The zero-order valence-electron chi connectivity index (χ0n) is 6.88. The van der Waals surface area contributed by atoms with Crippen LogP contribution in [0.2, 0.25) is 0 Å². The van der Waals surface area contributed by atoms with Gasteiger partial charge < -0.3 is 4.90 Å². The van der Waals surface area contributed by atoms with Crippen LogP contribution in [0.1, 0.15) is 32.1 Å². The standard InChI is InChI=1S/C9H15NO/c11-9(7-8-3-4-8)10-5-1-2-6-10/h8H,1-7H2. The van der Waals surface area contributed by atoms with Crippen LogP contribution in [-0.4, -0.2) is 23.9 Å². The number of carbonyl (C=O) groups is 1. The molecule has 0 atom stereocenters. The molecule has 11 heavy (non-hydrogen) atoms. The average molecular weight is 153 g/mol. The summed E-state index contributed by atoms with van der Waals surface area (Å²) in [5, 5.41) is 0. The van der Waals surface area contributed by atoms with Crippen LogP contribution in [0.5, 0.6) is 0 Å². The number of nitrogens with zero attached hydrogens (tertiary/aromatic N) is 1. The van der Waals surface area contributed by atoms with Crippen molar-refractivity contribution >= 4 is 5.91 Å². The summed E-state index contributed by atoms with van der Waals surface area (Å²) in [5.41, 5.74) is 0. The lowest BCUT2D eigenvalue weighted by Gasteiger charge is -2.14. The summed E-state index contributed by atoms with van der Waals surface area (Å²) in [6.45, 7) is 2.04. The lowest BCUT2D eigenvalue weighted by molar-refractivity contribution is -0.130. The summed E-state index contributed by atoms with van der Waals surface area (Å²) in [6, 6.07) is 0. The van der Waals surface area contributed by atoms with Gasteiger partial charge in [-0.2, -0.15) is 0 Å². The highest BCUT2D eigenvalue weighted by Gasteiger charge is 2.27. The predicted molar refractivity (Wildman–Crippen MR) is 43.2 cm³/mol. The Morgan fingerprint density at radius 3 is 2.45 bits per heavy atom. The monoisotopic (exact) mass is 153 g/mol. The minimum atomic E-state index is 0.407. The molecule has 0 aromatic heterocycles. The van der Waals surface area contributed by atoms with Gasteiger partial charge in [0.15, 0.2) is 0 Å². The fraction of sp³-hybridized carbons (Fsp3) is 0.889. The SMILES string of the molecule is O=C(CC1CC1)N1CCCC1. The Morgan fingerprint density at radius 1 is 1.27 bits per heavy atom. The van der Waals surface area contributed by atoms with Crippen molar-refractivity contribution in [2.45, 2.75) is 32.1 Å². The predicted octanol–water partition coefficient (Wildman–Crippen LogP) is 1.41. The van der Waals surface area contributed by atoms with Crippen molar-refractivity contribution < 1.29 is 4.79 Å². The van der Waals surface area contributed by atoms with E-state index in [-0.39, 0.29) is 0 Å². The van der Waals surface area contributed by atoms with Gasteiger partial charge in [-0.1, -0.05) is 0 Å². The average Bonchev–Trinajstić information content (AvgIpc) is 2.67. The van der Waals surface area contributed by atoms with Crippen LogP contribution in [0.15, 0.2) is 0 Å². The van der Waals surface area contributed by atoms with Crippen molar-refractivity contribution in [2.75, 3.05) is 13.1 Å². The molecule has 62 valence electrons. The highest BCUT2D eigenvalue weighted by Crippen LogP contribution is 2.33. The molecule has 1 saturated carbocycles. The summed E-state index contributed by atoms with van der Waals surface area (Å²) >= 11 is 0. The van der Waals surface area contributed by atoms with Gasteiger partial charge in [0, 0.05) is 19.5 Å². The molecule has 0 radical (unpaired) electrons.